The molecule has 3 aromatic heterocycles. The summed E-state index contributed by atoms with van der Waals surface area (Å²) in [6.07, 6.45) is 2.02. The number of furan rings is 1. The van der Waals surface area contributed by atoms with Crippen molar-refractivity contribution in [3.8, 4) is 22.4 Å². The van der Waals surface area contributed by atoms with Crippen molar-refractivity contribution in [2.75, 3.05) is 0 Å². The van der Waals surface area contributed by atoms with Crippen molar-refractivity contribution < 1.29 is 17.2 Å². The third-order valence-electron chi connectivity index (χ3n) is 6.54. The topological polar surface area (TPSA) is 29.9 Å². The van der Waals surface area contributed by atoms with Crippen molar-refractivity contribution >= 4 is 22.1 Å². The lowest BCUT2D eigenvalue weighted by molar-refractivity contribution is -0.660. The molecule has 3 heteroatoms. The Morgan fingerprint density at radius 1 is 0.941 bits per heavy atom. The van der Waals surface area contributed by atoms with Gasteiger partial charge in [0, 0.05) is 42.2 Å². The lowest BCUT2D eigenvalue weighted by atomic mass is 9.91. The lowest BCUT2D eigenvalue weighted by Gasteiger charge is -2.16. The second-order valence-corrected chi connectivity index (χ2v) is 9.60. The van der Waals surface area contributed by atoms with E-state index in [9.17, 15) is 0 Å². The first-order valence-electron chi connectivity index (χ1n) is 14.6. The molecule has 0 saturated carbocycles. The third kappa shape index (κ3) is 3.79. The van der Waals surface area contributed by atoms with Crippen LogP contribution in [0.5, 0.6) is 0 Å². The molecule has 0 bridgehead atoms. The standard InChI is InChI=1S/C31H33N2O/c1-19(2)21-9-11-22(12-10-21)23-16-17-33(7)26(18-23)28-20(3)8-13-24-25-14-15-27(31(4,5)6)32-30(25)34-29(24)28/h8-19H,1-7H3/q+1/i4D3,5D3. The van der Waals surface area contributed by atoms with Crippen molar-refractivity contribution in [1.29, 1.82) is 0 Å². The van der Waals surface area contributed by atoms with Gasteiger partial charge in [0.15, 0.2) is 11.8 Å². The highest BCUT2D eigenvalue weighted by molar-refractivity contribution is 6.08. The second kappa shape index (κ2) is 8.09. The predicted molar refractivity (Wildman–Crippen MR) is 141 cm³/mol. The Labute approximate surface area is 210 Å². The van der Waals surface area contributed by atoms with E-state index in [0.29, 0.717) is 16.9 Å². The maximum absolute atomic E-state index is 8.02. The number of hydrogen-bond donors (Lipinski definition) is 0. The molecule has 0 aliphatic carbocycles. The molecule has 0 aliphatic heterocycles. The molecule has 0 atom stereocenters. The Hall–Kier alpha value is -3.46. The van der Waals surface area contributed by atoms with E-state index in [2.05, 4.69) is 55.2 Å². The number of hydrogen-bond acceptors (Lipinski definition) is 2. The summed E-state index contributed by atoms with van der Waals surface area (Å²) < 4.78 is 56.5. The minimum Gasteiger partial charge on any atom is -0.437 e. The van der Waals surface area contributed by atoms with E-state index in [1.165, 1.54) is 18.6 Å². The van der Waals surface area contributed by atoms with Crippen molar-refractivity contribution in [3.05, 3.63) is 83.7 Å². The molecule has 2 aromatic carbocycles. The van der Waals surface area contributed by atoms with Crippen LogP contribution in [0.3, 0.4) is 0 Å². The summed E-state index contributed by atoms with van der Waals surface area (Å²) in [4.78, 5) is 4.50. The number of aromatic nitrogens is 2. The van der Waals surface area contributed by atoms with Crippen LogP contribution in [-0.4, -0.2) is 4.98 Å². The van der Waals surface area contributed by atoms with E-state index in [0.717, 1.165) is 33.3 Å². The van der Waals surface area contributed by atoms with Gasteiger partial charge in [-0.25, -0.2) is 9.55 Å². The fourth-order valence-corrected chi connectivity index (χ4v) is 4.47. The molecule has 0 spiro atoms. The Morgan fingerprint density at radius 3 is 2.38 bits per heavy atom. The number of fused-ring (bicyclic) bond motifs is 3. The van der Waals surface area contributed by atoms with Crippen molar-refractivity contribution in [2.24, 2.45) is 7.05 Å². The van der Waals surface area contributed by atoms with Crippen LogP contribution in [0.4, 0.5) is 0 Å². The maximum Gasteiger partial charge on any atom is 0.227 e. The van der Waals surface area contributed by atoms with Crippen LogP contribution in [0.1, 0.15) is 65.4 Å². The molecule has 3 nitrogen and oxygen atoms in total. The first-order chi connectivity index (χ1) is 18.6. The quantitative estimate of drug-likeness (QED) is 0.259. The molecular weight excluding hydrogens is 416 g/mol. The molecule has 0 radical (unpaired) electrons. The van der Waals surface area contributed by atoms with Crippen molar-refractivity contribution in [3.63, 3.8) is 0 Å². The minimum absolute atomic E-state index is 0.0466. The van der Waals surface area contributed by atoms with Gasteiger partial charge in [-0.1, -0.05) is 70.9 Å². The monoisotopic (exact) mass is 455 g/mol. The molecule has 0 N–H and O–H groups in total. The van der Waals surface area contributed by atoms with E-state index in [-0.39, 0.29) is 11.4 Å². The summed E-state index contributed by atoms with van der Waals surface area (Å²) in [5, 5.41) is 1.52. The second-order valence-electron chi connectivity index (χ2n) is 9.60. The van der Waals surface area contributed by atoms with Crippen molar-refractivity contribution in [1.82, 2.24) is 4.98 Å². The number of pyridine rings is 2. The number of rotatable bonds is 3. The maximum atomic E-state index is 8.02. The van der Waals surface area contributed by atoms with Gasteiger partial charge in [0.25, 0.3) is 0 Å². The van der Waals surface area contributed by atoms with E-state index in [4.69, 9.17) is 12.6 Å². The Bertz CT molecular complexity index is 1720. The van der Waals surface area contributed by atoms with Gasteiger partial charge in [0.1, 0.15) is 7.05 Å². The van der Waals surface area contributed by atoms with Gasteiger partial charge in [-0.3, -0.25) is 0 Å². The first-order valence-corrected chi connectivity index (χ1v) is 11.6. The zero-order valence-corrected chi connectivity index (χ0v) is 20.2. The highest BCUT2D eigenvalue weighted by Crippen LogP contribution is 2.38. The highest BCUT2D eigenvalue weighted by atomic mass is 16.3. The average Bonchev–Trinajstić information content (AvgIpc) is 3.25. The van der Waals surface area contributed by atoms with Gasteiger partial charge in [-0.15, -0.1) is 0 Å². The smallest absolute Gasteiger partial charge is 0.227 e. The van der Waals surface area contributed by atoms with E-state index >= 15 is 0 Å². The Morgan fingerprint density at radius 2 is 1.68 bits per heavy atom. The fraction of sp³-hybridized carbons (Fsp3) is 0.290. The Balaban J connectivity index is 1.70. The number of aryl methyl sites for hydroxylation is 2. The SMILES string of the molecule is [2H]C([2H])([2H])C(C)(c1ccc2c(n1)oc1c(-c3cc(-c4ccc(C(C)C)cc4)cc[n+]3C)c(C)ccc12)C([2H])([2H])[2H]. The predicted octanol–water partition coefficient (Wildman–Crippen LogP) is 7.87. The molecular formula is C31H33N2O+. The van der Waals surface area contributed by atoms with Crippen molar-refractivity contribution in [2.45, 2.75) is 52.7 Å². The van der Waals surface area contributed by atoms with Crippen LogP contribution in [0.2, 0.25) is 0 Å². The number of benzene rings is 2. The van der Waals surface area contributed by atoms with E-state index in [1.54, 1.807) is 6.07 Å². The highest BCUT2D eigenvalue weighted by Gasteiger charge is 2.23. The molecule has 5 rings (SSSR count). The number of nitrogens with zero attached hydrogens (tertiary/aromatic N) is 2. The minimum atomic E-state index is -2.80. The zero-order valence-electron chi connectivity index (χ0n) is 26.2. The van der Waals surface area contributed by atoms with E-state index in [1.807, 2.05) is 36.9 Å². The summed E-state index contributed by atoms with van der Waals surface area (Å²) in [6, 6.07) is 20.0. The molecule has 5 aromatic rings. The van der Waals surface area contributed by atoms with Crippen LogP contribution in [0.15, 0.2) is 71.3 Å². The summed E-state index contributed by atoms with van der Waals surface area (Å²) in [5.74, 6) is 0.457. The largest absolute Gasteiger partial charge is 0.437 e. The summed E-state index contributed by atoms with van der Waals surface area (Å²) >= 11 is 0. The van der Waals surface area contributed by atoms with Crippen LogP contribution in [0.25, 0.3) is 44.5 Å². The van der Waals surface area contributed by atoms with Gasteiger partial charge >= 0.3 is 0 Å². The lowest BCUT2D eigenvalue weighted by Crippen LogP contribution is -2.30. The van der Waals surface area contributed by atoms with Gasteiger partial charge in [0.2, 0.25) is 11.4 Å². The van der Waals surface area contributed by atoms with Crippen LogP contribution in [0, 0.1) is 6.92 Å². The summed E-state index contributed by atoms with van der Waals surface area (Å²) in [5.41, 5.74) is 4.94. The van der Waals surface area contributed by atoms with Gasteiger partial charge in [-0.05, 0) is 47.2 Å². The van der Waals surface area contributed by atoms with Crippen LogP contribution < -0.4 is 4.57 Å². The average molecular weight is 456 g/mol. The molecule has 172 valence electrons. The molecule has 0 aliphatic rings. The molecule has 0 saturated heterocycles. The van der Waals surface area contributed by atoms with Crippen LogP contribution in [-0.2, 0) is 12.5 Å². The van der Waals surface area contributed by atoms with Crippen LogP contribution >= 0.6 is 0 Å². The fourth-order valence-electron chi connectivity index (χ4n) is 4.47. The third-order valence-corrected chi connectivity index (χ3v) is 6.54. The molecule has 34 heavy (non-hydrogen) atoms. The van der Waals surface area contributed by atoms with Gasteiger partial charge in [0.05, 0.1) is 5.56 Å². The van der Waals surface area contributed by atoms with Gasteiger partial charge < -0.3 is 4.42 Å². The summed E-state index contributed by atoms with van der Waals surface area (Å²) in [7, 11) is 1.98. The Kier molecular flexibility index (Phi) is 3.86. The zero-order chi connectivity index (χ0) is 29.2. The molecule has 0 unspecified atom stereocenters. The molecule has 3 heterocycles. The van der Waals surface area contributed by atoms with E-state index < -0.39 is 19.1 Å². The first kappa shape index (κ1) is 16.2. The molecule has 0 fully saturated rings. The molecule has 0 amide bonds. The van der Waals surface area contributed by atoms with Gasteiger partial charge in [-0.2, -0.15) is 0 Å². The summed E-state index contributed by atoms with van der Waals surface area (Å²) in [6.45, 7) is 2.00. The normalized spacial score (nSPS) is 15.6.